The van der Waals surface area contributed by atoms with E-state index in [1.807, 2.05) is 20.8 Å². The van der Waals surface area contributed by atoms with Crippen molar-refractivity contribution in [1.29, 1.82) is 0 Å². The molecule has 0 aromatic carbocycles. The van der Waals surface area contributed by atoms with Gasteiger partial charge in [0.05, 0.1) is 18.2 Å². The second-order valence-corrected chi connectivity index (χ2v) is 11.0. The largest absolute Gasteiger partial charge is 0.459 e. The molecule has 0 aliphatic heterocycles. The Morgan fingerprint density at radius 2 is 1.94 bits per heavy atom. The van der Waals surface area contributed by atoms with E-state index in [2.05, 4.69) is 42.4 Å². The summed E-state index contributed by atoms with van der Waals surface area (Å²) in [5.74, 6) is 1.28. The van der Waals surface area contributed by atoms with Gasteiger partial charge >= 0.3 is 5.97 Å². The van der Waals surface area contributed by atoms with Gasteiger partial charge in [-0.15, -0.1) is 0 Å². The molecule has 0 spiro atoms. The van der Waals surface area contributed by atoms with Crippen LogP contribution in [0.5, 0.6) is 0 Å². The number of hydrogen-bond donors (Lipinski definition) is 1. The highest BCUT2D eigenvalue weighted by Crippen LogP contribution is 2.44. The number of H-pyrrole nitrogens is 1. The fourth-order valence-corrected chi connectivity index (χ4v) is 5.57. The van der Waals surface area contributed by atoms with Gasteiger partial charge in [-0.25, -0.2) is 9.64 Å². The molecule has 0 saturated heterocycles. The number of esters is 1. The molecule has 2 unspecified atom stereocenters. The molecular formula is C24H34N4O4S. The lowest BCUT2D eigenvalue weighted by molar-refractivity contribution is -0.248. The second-order valence-electron chi connectivity index (χ2n) is 9.99. The highest BCUT2D eigenvalue weighted by atomic mass is 32.2. The van der Waals surface area contributed by atoms with Gasteiger partial charge in [0.1, 0.15) is 23.1 Å². The standard InChI is InChI=1S/C24H34N4O4S/c1-10-30-32-16(5)33-21-18(25-9)17(20-26-27-23(28(20)21)24(6,7)8)22(29)31-19-14(3)11-13(2)12-15(19)4/h13-15,19,26H,5,10-12H2,1-4,6-8H3. The third-order valence-electron chi connectivity index (χ3n) is 5.96. The smallest absolute Gasteiger partial charge is 0.331 e. The topological polar surface area (TPSA) is 82.2 Å². The highest BCUT2D eigenvalue weighted by molar-refractivity contribution is 8.03. The summed E-state index contributed by atoms with van der Waals surface area (Å²) in [6, 6.07) is 0. The van der Waals surface area contributed by atoms with E-state index in [9.17, 15) is 4.79 Å². The first-order valence-electron chi connectivity index (χ1n) is 11.4. The molecule has 2 aromatic heterocycles. The van der Waals surface area contributed by atoms with Crippen molar-refractivity contribution in [3.8, 4) is 0 Å². The zero-order chi connectivity index (χ0) is 24.5. The van der Waals surface area contributed by atoms with Crippen LogP contribution in [-0.4, -0.2) is 33.3 Å². The minimum atomic E-state index is -0.510. The van der Waals surface area contributed by atoms with Crippen LogP contribution < -0.4 is 0 Å². The quantitative estimate of drug-likeness (QED) is 0.127. The van der Waals surface area contributed by atoms with Gasteiger partial charge in [-0.3, -0.25) is 9.50 Å². The Morgan fingerprint density at radius 1 is 1.30 bits per heavy atom. The van der Waals surface area contributed by atoms with Crippen molar-refractivity contribution >= 4 is 29.1 Å². The number of ether oxygens (including phenoxy) is 1. The Labute approximate surface area is 199 Å². The minimum absolute atomic E-state index is 0.190. The lowest BCUT2D eigenvalue weighted by atomic mass is 9.75. The van der Waals surface area contributed by atoms with E-state index in [4.69, 9.17) is 21.1 Å². The molecule has 1 fully saturated rings. The Balaban J connectivity index is 2.08. The first-order chi connectivity index (χ1) is 15.5. The van der Waals surface area contributed by atoms with Crippen molar-refractivity contribution < 1.29 is 19.3 Å². The van der Waals surface area contributed by atoms with Crippen molar-refractivity contribution in [2.24, 2.45) is 17.8 Å². The molecule has 9 heteroatoms. The van der Waals surface area contributed by atoms with Crippen LogP contribution in [0.15, 0.2) is 16.7 Å². The minimum Gasteiger partial charge on any atom is -0.459 e. The predicted octanol–water partition coefficient (Wildman–Crippen LogP) is 6.27. The van der Waals surface area contributed by atoms with Crippen LogP contribution in [0.25, 0.3) is 10.5 Å². The normalized spacial score (nSPS) is 23.3. The summed E-state index contributed by atoms with van der Waals surface area (Å²) >= 11 is 1.12. The number of aromatic nitrogens is 3. The first kappa shape index (κ1) is 25.2. The molecule has 1 aliphatic rings. The number of fused-ring (bicyclic) bond motifs is 1. The Hall–Kier alpha value is -2.44. The molecule has 3 rings (SSSR count). The molecule has 2 aromatic rings. The number of thioether (sulfide) groups is 1. The van der Waals surface area contributed by atoms with Crippen molar-refractivity contribution in [3.63, 3.8) is 0 Å². The van der Waals surface area contributed by atoms with Crippen LogP contribution in [0.2, 0.25) is 0 Å². The molecule has 1 N–H and O–H groups in total. The number of aromatic amines is 1. The summed E-state index contributed by atoms with van der Waals surface area (Å²) < 4.78 is 7.84. The lowest BCUT2D eigenvalue weighted by Crippen LogP contribution is -2.37. The lowest BCUT2D eigenvalue weighted by Gasteiger charge is -2.37. The molecule has 0 amide bonds. The molecule has 33 heavy (non-hydrogen) atoms. The fraction of sp³-hybridized carbons (Fsp3) is 0.625. The molecule has 180 valence electrons. The van der Waals surface area contributed by atoms with Gasteiger partial charge in [0.15, 0.2) is 5.09 Å². The molecule has 0 radical (unpaired) electrons. The van der Waals surface area contributed by atoms with Gasteiger partial charge in [0, 0.05) is 5.41 Å². The van der Waals surface area contributed by atoms with E-state index < -0.39 is 5.97 Å². The number of nitrogens with zero attached hydrogens (tertiary/aromatic N) is 3. The number of carbonyl (C=O) groups excluding carboxylic acids is 1. The maximum Gasteiger partial charge on any atom is 0.331 e. The van der Waals surface area contributed by atoms with Crippen LogP contribution in [0.3, 0.4) is 0 Å². The number of hydrogen-bond acceptors (Lipinski definition) is 6. The number of nitrogens with one attached hydrogen (secondary N) is 1. The first-order valence-corrected chi connectivity index (χ1v) is 12.2. The molecule has 1 aliphatic carbocycles. The van der Waals surface area contributed by atoms with Crippen molar-refractivity contribution in [3.05, 3.63) is 34.5 Å². The molecule has 1 saturated carbocycles. The van der Waals surface area contributed by atoms with Crippen LogP contribution in [0, 0.1) is 24.3 Å². The van der Waals surface area contributed by atoms with Crippen LogP contribution in [0.4, 0.5) is 5.69 Å². The summed E-state index contributed by atoms with van der Waals surface area (Å²) in [7, 11) is 0. The van der Waals surface area contributed by atoms with Gasteiger partial charge in [0.25, 0.3) is 0 Å². The summed E-state index contributed by atoms with van der Waals surface area (Å²) in [6.45, 7) is 26.4. The van der Waals surface area contributed by atoms with Crippen molar-refractivity contribution in [2.45, 2.75) is 77.9 Å². The monoisotopic (exact) mass is 474 g/mol. The number of rotatable bonds is 7. The summed E-state index contributed by atoms with van der Waals surface area (Å²) in [5.41, 5.74) is 0.470. The SMILES string of the molecule is [C-]#[N+]c1c(C(=O)OC2C(C)CC(C)CC2C)c2[nH]nc(C(C)(C)C)n2c1SC(=C)OOCC. The van der Waals surface area contributed by atoms with Gasteiger partial charge in [-0.2, -0.15) is 9.99 Å². The molecule has 0 bridgehead atoms. The van der Waals surface area contributed by atoms with Gasteiger partial charge in [-0.05, 0) is 55.9 Å². The highest BCUT2D eigenvalue weighted by Gasteiger charge is 2.37. The number of carbonyl (C=O) groups is 1. The van der Waals surface area contributed by atoms with E-state index in [-0.39, 0.29) is 39.7 Å². The van der Waals surface area contributed by atoms with Crippen LogP contribution >= 0.6 is 11.8 Å². The Kier molecular flexibility index (Phi) is 7.49. The summed E-state index contributed by atoms with van der Waals surface area (Å²) in [5, 5.41) is 8.20. The molecule has 8 nitrogen and oxygen atoms in total. The second kappa shape index (κ2) is 9.82. The van der Waals surface area contributed by atoms with E-state index >= 15 is 0 Å². The van der Waals surface area contributed by atoms with Crippen LogP contribution in [-0.2, 0) is 19.9 Å². The van der Waals surface area contributed by atoms with Crippen LogP contribution in [0.1, 0.15) is 77.5 Å². The van der Waals surface area contributed by atoms with Crippen molar-refractivity contribution in [2.75, 3.05) is 6.61 Å². The maximum atomic E-state index is 13.5. The Bertz CT molecular complexity index is 1060. The molecule has 2 heterocycles. The Morgan fingerprint density at radius 3 is 2.48 bits per heavy atom. The van der Waals surface area contributed by atoms with E-state index in [1.54, 1.807) is 11.3 Å². The fourth-order valence-electron chi connectivity index (χ4n) is 4.76. The third-order valence-corrected chi connectivity index (χ3v) is 6.83. The van der Waals surface area contributed by atoms with Gasteiger partial charge < -0.3 is 9.62 Å². The predicted molar refractivity (Wildman–Crippen MR) is 128 cm³/mol. The average Bonchev–Trinajstić information content (AvgIpc) is 3.27. The van der Waals surface area contributed by atoms with E-state index in [0.29, 0.717) is 29.0 Å². The molecular weight excluding hydrogens is 440 g/mol. The average molecular weight is 475 g/mol. The van der Waals surface area contributed by atoms with Gasteiger partial charge in [-0.1, -0.05) is 41.5 Å². The van der Waals surface area contributed by atoms with E-state index in [1.165, 1.54) is 0 Å². The van der Waals surface area contributed by atoms with Gasteiger partial charge in [0.2, 0.25) is 5.69 Å². The maximum absolute atomic E-state index is 13.5. The zero-order valence-corrected chi connectivity index (χ0v) is 21.3. The molecule has 2 atom stereocenters. The van der Waals surface area contributed by atoms with Crippen molar-refractivity contribution in [1.82, 2.24) is 14.6 Å². The zero-order valence-electron chi connectivity index (χ0n) is 20.5. The summed E-state index contributed by atoms with van der Waals surface area (Å²) in [4.78, 5) is 27.4. The summed E-state index contributed by atoms with van der Waals surface area (Å²) in [6.07, 6.45) is 1.83. The third kappa shape index (κ3) is 5.07. The van der Waals surface area contributed by atoms with E-state index in [0.717, 1.165) is 24.6 Å².